The number of nitrogens with zero attached hydrogens (tertiary/aromatic N) is 4. The Morgan fingerprint density at radius 1 is 1.24 bits per heavy atom. The van der Waals surface area contributed by atoms with Crippen LogP contribution in [0.15, 0.2) is 22.7 Å². The van der Waals surface area contributed by atoms with Crippen LogP contribution in [0.4, 0.5) is 11.4 Å². The van der Waals surface area contributed by atoms with E-state index in [1.54, 1.807) is 12.1 Å². The Bertz CT molecular complexity index is 779. The number of hydrogen-bond acceptors (Lipinski definition) is 7. The van der Waals surface area contributed by atoms with Gasteiger partial charge >= 0.3 is 0 Å². The zero-order chi connectivity index (χ0) is 17.4. The van der Waals surface area contributed by atoms with Crippen LogP contribution >= 0.6 is 0 Å². The molecule has 1 saturated carbocycles. The molecule has 25 heavy (non-hydrogen) atoms. The van der Waals surface area contributed by atoms with Gasteiger partial charge in [-0.25, -0.2) is 0 Å². The van der Waals surface area contributed by atoms with E-state index in [4.69, 9.17) is 4.52 Å². The largest absolute Gasteiger partial charge is 0.392 e. The lowest BCUT2D eigenvalue weighted by Crippen LogP contribution is -2.33. The maximum absolute atomic E-state index is 11.3. The highest BCUT2D eigenvalue weighted by molar-refractivity contribution is 5.64. The topological polar surface area (TPSA) is 106 Å². The summed E-state index contributed by atoms with van der Waals surface area (Å²) in [6.45, 7) is 1.25. The summed E-state index contributed by atoms with van der Waals surface area (Å²) >= 11 is 0. The normalized spacial score (nSPS) is 18.5. The first-order valence-electron chi connectivity index (χ1n) is 8.62. The molecule has 0 radical (unpaired) electrons. The molecule has 0 bridgehead atoms. The van der Waals surface area contributed by atoms with Crippen LogP contribution in [-0.2, 0) is 6.61 Å². The van der Waals surface area contributed by atoms with Crippen LogP contribution in [0.3, 0.4) is 0 Å². The van der Waals surface area contributed by atoms with Crippen molar-refractivity contribution < 1.29 is 14.6 Å². The Balaban J connectivity index is 1.48. The predicted octanol–water partition coefficient (Wildman–Crippen LogP) is 2.73. The van der Waals surface area contributed by atoms with Crippen LogP contribution in [0.2, 0.25) is 0 Å². The van der Waals surface area contributed by atoms with Crippen LogP contribution in [0.5, 0.6) is 0 Å². The Morgan fingerprint density at radius 2 is 2.00 bits per heavy atom. The average molecular weight is 344 g/mol. The second-order valence-corrected chi connectivity index (χ2v) is 6.76. The van der Waals surface area contributed by atoms with Gasteiger partial charge in [0, 0.05) is 31.0 Å². The zero-order valence-corrected chi connectivity index (χ0v) is 13.8. The van der Waals surface area contributed by atoms with E-state index in [-0.39, 0.29) is 23.1 Å². The van der Waals surface area contributed by atoms with Gasteiger partial charge in [-0.1, -0.05) is 5.16 Å². The van der Waals surface area contributed by atoms with E-state index in [2.05, 4.69) is 10.1 Å². The molecule has 1 N–H and O–H groups in total. The van der Waals surface area contributed by atoms with Crippen LogP contribution in [0.25, 0.3) is 0 Å². The highest BCUT2D eigenvalue weighted by atomic mass is 16.6. The minimum Gasteiger partial charge on any atom is -0.392 e. The molecule has 1 aromatic carbocycles. The number of aliphatic hydroxyl groups is 1. The SMILES string of the molecule is O=[N+]([O-])c1ccc(CO)cc1N1CCC(c2noc(C3CC3)n2)CC1. The van der Waals surface area contributed by atoms with Crippen LogP contribution < -0.4 is 4.90 Å². The maximum atomic E-state index is 11.3. The fourth-order valence-electron chi connectivity index (χ4n) is 3.36. The molecule has 4 rings (SSSR count). The number of aromatic nitrogens is 2. The summed E-state index contributed by atoms with van der Waals surface area (Å²) in [6, 6.07) is 4.76. The third-order valence-electron chi connectivity index (χ3n) is 5.00. The fourth-order valence-corrected chi connectivity index (χ4v) is 3.36. The lowest BCUT2D eigenvalue weighted by molar-refractivity contribution is -0.384. The summed E-state index contributed by atoms with van der Waals surface area (Å²) in [4.78, 5) is 17.5. The molecule has 0 atom stereocenters. The standard InChI is InChI=1S/C17H20N4O4/c22-10-11-1-4-14(21(23)24)15(9-11)20-7-5-12(6-8-20)16-18-17(25-19-16)13-2-3-13/h1,4,9,12-13,22H,2-3,5-8,10H2. The summed E-state index contributed by atoms with van der Waals surface area (Å²) in [6.07, 6.45) is 3.91. The van der Waals surface area contributed by atoms with E-state index in [0.29, 0.717) is 30.3 Å². The number of nitro groups is 1. The summed E-state index contributed by atoms with van der Waals surface area (Å²) in [7, 11) is 0. The minimum atomic E-state index is -0.371. The first kappa shape index (κ1) is 16.0. The van der Waals surface area contributed by atoms with Crippen LogP contribution in [0, 0.1) is 10.1 Å². The van der Waals surface area contributed by atoms with Crippen molar-refractivity contribution in [2.45, 2.75) is 44.1 Å². The zero-order valence-electron chi connectivity index (χ0n) is 13.8. The molecule has 1 saturated heterocycles. The van der Waals surface area contributed by atoms with E-state index < -0.39 is 0 Å². The van der Waals surface area contributed by atoms with Crippen molar-refractivity contribution in [1.82, 2.24) is 10.1 Å². The van der Waals surface area contributed by atoms with Crippen molar-refractivity contribution in [2.75, 3.05) is 18.0 Å². The lowest BCUT2D eigenvalue weighted by Gasteiger charge is -2.32. The van der Waals surface area contributed by atoms with Crippen molar-refractivity contribution in [3.05, 3.63) is 45.6 Å². The smallest absolute Gasteiger partial charge is 0.292 e. The number of hydrogen-bond donors (Lipinski definition) is 1. The first-order chi connectivity index (χ1) is 12.2. The van der Waals surface area contributed by atoms with Gasteiger partial charge in [0.1, 0.15) is 5.69 Å². The molecule has 1 aromatic heterocycles. The van der Waals surface area contributed by atoms with Gasteiger partial charge in [-0.3, -0.25) is 10.1 Å². The van der Waals surface area contributed by atoms with Crippen LogP contribution in [0.1, 0.15) is 54.8 Å². The molecule has 1 aliphatic carbocycles. The van der Waals surface area contributed by atoms with Crippen molar-refractivity contribution >= 4 is 11.4 Å². The van der Waals surface area contributed by atoms with E-state index in [1.807, 2.05) is 4.90 Å². The predicted molar refractivity (Wildman–Crippen MR) is 89.5 cm³/mol. The molecule has 2 heterocycles. The van der Waals surface area contributed by atoms with Crippen molar-refractivity contribution in [2.24, 2.45) is 0 Å². The number of rotatable bonds is 5. The minimum absolute atomic E-state index is 0.0752. The molecular weight excluding hydrogens is 324 g/mol. The molecule has 0 unspecified atom stereocenters. The van der Waals surface area contributed by atoms with Crippen molar-refractivity contribution in [1.29, 1.82) is 0 Å². The van der Waals surface area contributed by atoms with Gasteiger partial charge in [0.2, 0.25) is 5.89 Å². The van der Waals surface area contributed by atoms with Crippen LogP contribution in [-0.4, -0.2) is 33.3 Å². The molecule has 2 fully saturated rings. The van der Waals surface area contributed by atoms with Gasteiger partial charge < -0.3 is 14.5 Å². The number of nitro benzene ring substituents is 1. The molecule has 8 nitrogen and oxygen atoms in total. The average Bonchev–Trinajstić information content (AvgIpc) is 3.38. The second kappa shape index (κ2) is 6.44. The highest BCUT2D eigenvalue weighted by Crippen LogP contribution is 2.40. The molecule has 2 aliphatic rings. The molecule has 132 valence electrons. The number of benzene rings is 1. The Morgan fingerprint density at radius 3 is 2.64 bits per heavy atom. The molecule has 8 heteroatoms. The fraction of sp³-hybridized carbons (Fsp3) is 0.529. The van der Waals surface area contributed by atoms with E-state index in [0.717, 1.165) is 37.4 Å². The summed E-state index contributed by atoms with van der Waals surface area (Å²) < 4.78 is 5.34. The number of piperidine rings is 1. The van der Waals surface area contributed by atoms with Gasteiger partial charge in [0.15, 0.2) is 5.82 Å². The second-order valence-electron chi connectivity index (χ2n) is 6.76. The first-order valence-corrected chi connectivity index (χ1v) is 8.62. The van der Waals surface area contributed by atoms with Crippen molar-refractivity contribution in [3.8, 4) is 0 Å². The van der Waals surface area contributed by atoms with E-state index in [1.165, 1.54) is 6.07 Å². The van der Waals surface area contributed by atoms with E-state index in [9.17, 15) is 15.2 Å². The number of aliphatic hydroxyl groups excluding tert-OH is 1. The quantitative estimate of drug-likeness (QED) is 0.656. The third-order valence-corrected chi connectivity index (χ3v) is 5.00. The Labute approximate surface area is 144 Å². The molecule has 1 aliphatic heterocycles. The number of anilines is 1. The maximum Gasteiger partial charge on any atom is 0.292 e. The molecule has 0 spiro atoms. The monoisotopic (exact) mass is 344 g/mol. The molecule has 2 aromatic rings. The summed E-state index contributed by atoms with van der Waals surface area (Å²) in [5.74, 6) is 2.20. The Hall–Kier alpha value is -2.48. The van der Waals surface area contributed by atoms with Gasteiger partial charge in [0.05, 0.1) is 11.5 Å². The summed E-state index contributed by atoms with van der Waals surface area (Å²) in [5.41, 5.74) is 1.32. The van der Waals surface area contributed by atoms with E-state index >= 15 is 0 Å². The highest BCUT2D eigenvalue weighted by Gasteiger charge is 2.32. The molecule has 0 amide bonds. The Kier molecular flexibility index (Phi) is 4.12. The van der Waals surface area contributed by atoms with Gasteiger partial charge in [-0.05, 0) is 43.4 Å². The lowest BCUT2D eigenvalue weighted by atomic mass is 9.95. The third kappa shape index (κ3) is 3.21. The van der Waals surface area contributed by atoms with Gasteiger partial charge in [-0.15, -0.1) is 0 Å². The van der Waals surface area contributed by atoms with Gasteiger partial charge in [-0.2, -0.15) is 4.98 Å². The molecular formula is C17H20N4O4. The van der Waals surface area contributed by atoms with Gasteiger partial charge in [0.25, 0.3) is 5.69 Å². The summed E-state index contributed by atoms with van der Waals surface area (Å²) in [5, 5.41) is 24.7. The van der Waals surface area contributed by atoms with Crippen molar-refractivity contribution in [3.63, 3.8) is 0 Å².